The molecular formula is C24H26N4O. The van der Waals surface area contributed by atoms with E-state index in [4.69, 9.17) is 5.10 Å². The molecule has 5 heteroatoms. The summed E-state index contributed by atoms with van der Waals surface area (Å²) in [4.78, 5) is 19.4. The molecule has 1 aromatic carbocycles. The molecule has 0 unspecified atom stereocenters. The summed E-state index contributed by atoms with van der Waals surface area (Å²) in [6.45, 7) is 1.70. The fourth-order valence-electron chi connectivity index (χ4n) is 4.95. The number of piperidine rings is 1. The lowest BCUT2D eigenvalue weighted by atomic mass is 9.77. The van der Waals surface area contributed by atoms with E-state index in [1.165, 1.54) is 25.7 Å². The van der Waals surface area contributed by atoms with E-state index in [1.54, 1.807) is 12.4 Å². The number of para-hydroxylation sites is 1. The summed E-state index contributed by atoms with van der Waals surface area (Å²) >= 11 is 0. The van der Waals surface area contributed by atoms with Gasteiger partial charge >= 0.3 is 0 Å². The topological polar surface area (TPSA) is 51.0 Å². The second-order valence-corrected chi connectivity index (χ2v) is 8.40. The number of rotatable bonds is 3. The molecule has 2 fully saturated rings. The number of amides is 1. The molecule has 0 bridgehead atoms. The summed E-state index contributed by atoms with van der Waals surface area (Å²) in [5, 5.41) is 4.73. The van der Waals surface area contributed by atoms with Crippen LogP contribution in [0.5, 0.6) is 0 Å². The maximum Gasteiger partial charge on any atom is 0.274 e. The van der Waals surface area contributed by atoms with Crippen LogP contribution in [0.4, 0.5) is 0 Å². The molecule has 1 saturated carbocycles. The smallest absolute Gasteiger partial charge is 0.274 e. The van der Waals surface area contributed by atoms with Gasteiger partial charge in [-0.3, -0.25) is 9.78 Å². The van der Waals surface area contributed by atoms with Crippen LogP contribution >= 0.6 is 0 Å². The third kappa shape index (κ3) is 3.46. The first-order chi connectivity index (χ1) is 14.2. The van der Waals surface area contributed by atoms with Gasteiger partial charge in [-0.2, -0.15) is 5.10 Å². The SMILES string of the molecule is O=C(c1cc(-c2ccncc2)n(-c2ccccc2)n1)N1CCC2(CCCC2)CC1. The van der Waals surface area contributed by atoms with E-state index in [0.29, 0.717) is 11.1 Å². The van der Waals surface area contributed by atoms with Crippen LogP contribution in [0.3, 0.4) is 0 Å². The molecule has 148 valence electrons. The summed E-state index contributed by atoms with van der Waals surface area (Å²) in [5.41, 5.74) is 3.87. The lowest BCUT2D eigenvalue weighted by Gasteiger charge is -2.39. The predicted octanol–water partition coefficient (Wildman–Crippen LogP) is 4.73. The summed E-state index contributed by atoms with van der Waals surface area (Å²) in [6, 6.07) is 15.8. The normalized spacial score (nSPS) is 18.3. The minimum absolute atomic E-state index is 0.0443. The molecule has 2 aliphatic rings. The average Bonchev–Trinajstić information content (AvgIpc) is 3.43. The monoisotopic (exact) mass is 386 g/mol. The molecule has 29 heavy (non-hydrogen) atoms. The van der Waals surface area contributed by atoms with Crippen molar-refractivity contribution in [2.75, 3.05) is 13.1 Å². The number of nitrogens with zero attached hydrogens (tertiary/aromatic N) is 4. The van der Waals surface area contributed by atoms with Crippen LogP contribution in [0.25, 0.3) is 16.9 Å². The van der Waals surface area contributed by atoms with Crippen LogP contribution in [0.15, 0.2) is 60.9 Å². The summed E-state index contributed by atoms with van der Waals surface area (Å²) in [6.07, 6.45) is 11.2. The maximum absolute atomic E-state index is 13.3. The van der Waals surface area contributed by atoms with Gasteiger partial charge in [-0.05, 0) is 61.4 Å². The summed E-state index contributed by atoms with van der Waals surface area (Å²) < 4.78 is 1.87. The van der Waals surface area contributed by atoms with Gasteiger partial charge in [-0.1, -0.05) is 31.0 Å². The van der Waals surface area contributed by atoms with E-state index in [-0.39, 0.29) is 5.91 Å². The van der Waals surface area contributed by atoms with Gasteiger partial charge in [-0.25, -0.2) is 4.68 Å². The van der Waals surface area contributed by atoms with Gasteiger partial charge in [0.1, 0.15) is 0 Å². The Hall–Kier alpha value is -2.95. The molecule has 3 aromatic rings. The van der Waals surface area contributed by atoms with Gasteiger partial charge in [-0.15, -0.1) is 0 Å². The molecule has 3 heterocycles. The number of hydrogen-bond donors (Lipinski definition) is 0. The van der Waals surface area contributed by atoms with E-state index in [0.717, 1.165) is 42.9 Å². The first kappa shape index (κ1) is 18.1. The van der Waals surface area contributed by atoms with Gasteiger partial charge in [0.25, 0.3) is 5.91 Å². The second kappa shape index (κ2) is 7.47. The summed E-state index contributed by atoms with van der Waals surface area (Å²) in [7, 11) is 0. The Morgan fingerprint density at radius 3 is 2.28 bits per heavy atom. The standard InChI is InChI=1S/C24H26N4O/c29-23(27-16-12-24(13-17-27)10-4-5-11-24)21-18-22(19-8-14-25-15-9-19)28(26-21)20-6-2-1-3-7-20/h1-3,6-9,14-15,18H,4-5,10-13,16-17H2. The fraction of sp³-hybridized carbons (Fsp3) is 0.375. The van der Waals surface area contributed by atoms with Crippen molar-refractivity contribution < 1.29 is 4.79 Å². The summed E-state index contributed by atoms with van der Waals surface area (Å²) in [5.74, 6) is 0.0443. The molecule has 0 N–H and O–H groups in total. The quantitative estimate of drug-likeness (QED) is 0.654. The number of hydrogen-bond acceptors (Lipinski definition) is 3. The number of pyridine rings is 1. The Balaban J connectivity index is 1.45. The Morgan fingerprint density at radius 2 is 1.59 bits per heavy atom. The molecule has 1 spiro atoms. The Kier molecular flexibility index (Phi) is 4.66. The van der Waals surface area contributed by atoms with Crippen molar-refractivity contribution in [2.24, 2.45) is 5.41 Å². The number of carbonyl (C=O) groups excluding carboxylic acids is 1. The number of benzene rings is 1. The van der Waals surface area contributed by atoms with Crippen molar-refractivity contribution in [3.8, 4) is 16.9 Å². The Labute approximate surface area is 171 Å². The average molecular weight is 386 g/mol. The van der Waals surface area contributed by atoms with Gasteiger partial charge in [0.15, 0.2) is 5.69 Å². The number of aromatic nitrogens is 3. The van der Waals surface area contributed by atoms with Crippen molar-refractivity contribution in [1.82, 2.24) is 19.7 Å². The third-order valence-corrected chi connectivity index (χ3v) is 6.68. The van der Waals surface area contributed by atoms with Crippen molar-refractivity contribution in [2.45, 2.75) is 38.5 Å². The van der Waals surface area contributed by atoms with E-state index in [2.05, 4.69) is 4.98 Å². The molecule has 2 aromatic heterocycles. The zero-order valence-electron chi connectivity index (χ0n) is 16.6. The fourth-order valence-corrected chi connectivity index (χ4v) is 4.95. The van der Waals surface area contributed by atoms with Gasteiger partial charge < -0.3 is 4.90 Å². The minimum Gasteiger partial charge on any atom is -0.337 e. The predicted molar refractivity (Wildman–Crippen MR) is 113 cm³/mol. The highest BCUT2D eigenvalue weighted by atomic mass is 16.2. The zero-order valence-corrected chi connectivity index (χ0v) is 16.6. The van der Waals surface area contributed by atoms with E-state index in [1.807, 2.05) is 58.1 Å². The van der Waals surface area contributed by atoms with Gasteiger partial charge in [0.05, 0.1) is 11.4 Å². The highest BCUT2D eigenvalue weighted by molar-refractivity contribution is 5.93. The van der Waals surface area contributed by atoms with Crippen molar-refractivity contribution in [1.29, 1.82) is 0 Å². The maximum atomic E-state index is 13.3. The van der Waals surface area contributed by atoms with Gasteiger partial charge in [0, 0.05) is 31.0 Å². The molecule has 5 nitrogen and oxygen atoms in total. The van der Waals surface area contributed by atoms with Crippen LogP contribution in [-0.4, -0.2) is 38.7 Å². The van der Waals surface area contributed by atoms with E-state index in [9.17, 15) is 4.79 Å². The van der Waals surface area contributed by atoms with E-state index >= 15 is 0 Å². The first-order valence-electron chi connectivity index (χ1n) is 10.6. The zero-order chi connectivity index (χ0) is 19.7. The lowest BCUT2D eigenvalue weighted by molar-refractivity contribution is 0.0581. The van der Waals surface area contributed by atoms with Crippen molar-refractivity contribution in [3.63, 3.8) is 0 Å². The lowest BCUT2D eigenvalue weighted by Crippen LogP contribution is -2.42. The number of likely N-dealkylation sites (tertiary alicyclic amines) is 1. The molecule has 5 rings (SSSR count). The van der Waals surface area contributed by atoms with Gasteiger partial charge in [0.2, 0.25) is 0 Å². The Bertz CT molecular complexity index is 923. The second-order valence-electron chi connectivity index (χ2n) is 8.40. The molecule has 0 atom stereocenters. The highest BCUT2D eigenvalue weighted by Gasteiger charge is 2.38. The van der Waals surface area contributed by atoms with Crippen LogP contribution in [0, 0.1) is 5.41 Å². The minimum atomic E-state index is 0.0443. The third-order valence-electron chi connectivity index (χ3n) is 6.68. The van der Waals surface area contributed by atoms with Crippen LogP contribution in [0.1, 0.15) is 49.0 Å². The van der Waals surface area contributed by atoms with E-state index < -0.39 is 0 Å². The molecule has 1 aliphatic carbocycles. The van der Waals surface area contributed by atoms with Crippen molar-refractivity contribution >= 4 is 5.91 Å². The first-order valence-corrected chi connectivity index (χ1v) is 10.6. The molecule has 1 aliphatic heterocycles. The highest BCUT2D eigenvalue weighted by Crippen LogP contribution is 2.46. The van der Waals surface area contributed by atoms with Crippen LogP contribution in [0.2, 0.25) is 0 Å². The molecule has 1 amide bonds. The largest absolute Gasteiger partial charge is 0.337 e. The molecule has 1 saturated heterocycles. The van der Waals surface area contributed by atoms with Crippen LogP contribution in [-0.2, 0) is 0 Å². The number of carbonyl (C=O) groups is 1. The Morgan fingerprint density at radius 1 is 0.897 bits per heavy atom. The molecular weight excluding hydrogens is 360 g/mol. The van der Waals surface area contributed by atoms with Crippen molar-refractivity contribution in [3.05, 3.63) is 66.6 Å². The molecule has 0 radical (unpaired) electrons. The van der Waals surface area contributed by atoms with Crippen LogP contribution < -0.4 is 0 Å².